The van der Waals surface area contributed by atoms with Gasteiger partial charge in [-0.25, -0.2) is 4.98 Å². The van der Waals surface area contributed by atoms with Gasteiger partial charge in [0.25, 0.3) is 11.6 Å². The number of hydrogen-bond donors (Lipinski definition) is 1. The maximum atomic E-state index is 13.5. The molecule has 2 N–H and O–H groups in total. The van der Waals surface area contributed by atoms with Crippen molar-refractivity contribution in [2.75, 3.05) is 13.1 Å². The second-order valence-corrected chi connectivity index (χ2v) is 8.88. The van der Waals surface area contributed by atoms with Crippen molar-refractivity contribution in [3.05, 3.63) is 23.0 Å². The molecule has 1 amide bonds. The van der Waals surface area contributed by atoms with E-state index in [9.17, 15) is 4.79 Å². The van der Waals surface area contributed by atoms with Crippen molar-refractivity contribution in [1.82, 2.24) is 15.0 Å². The zero-order valence-electron chi connectivity index (χ0n) is 16.5. The zero-order valence-corrected chi connectivity index (χ0v) is 17.3. The molecule has 7 heteroatoms. The molecule has 1 unspecified atom stereocenters. The monoisotopic (exact) mass is 392 g/mol. The van der Waals surface area contributed by atoms with E-state index in [0.717, 1.165) is 36.0 Å². The van der Waals surface area contributed by atoms with E-state index >= 15 is 0 Å². The summed E-state index contributed by atoms with van der Waals surface area (Å²) in [6, 6.07) is 2.10. The van der Waals surface area contributed by atoms with Crippen molar-refractivity contribution in [2.24, 2.45) is 11.1 Å². The van der Waals surface area contributed by atoms with Crippen LogP contribution in [0.1, 0.15) is 80.5 Å². The van der Waals surface area contributed by atoms with Crippen LogP contribution in [0.15, 0.2) is 10.6 Å². The zero-order chi connectivity index (χ0) is 18.6. The lowest BCUT2D eigenvalue weighted by Crippen LogP contribution is -2.54. The summed E-state index contributed by atoms with van der Waals surface area (Å²) in [6.45, 7) is 9.74. The molecule has 0 radical (unpaired) electrons. The molecule has 0 bridgehead atoms. The third kappa shape index (κ3) is 3.57. The number of nitrogens with zero attached hydrogens (tertiary/aromatic N) is 3. The Hall–Kier alpha value is -1.66. The van der Waals surface area contributed by atoms with Crippen LogP contribution in [0.4, 0.5) is 0 Å². The van der Waals surface area contributed by atoms with Gasteiger partial charge in [0.1, 0.15) is 0 Å². The van der Waals surface area contributed by atoms with E-state index in [2.05, 4.69) is 37.8 Å². The molecule has 1 saturated carbocycles. The normalized spacial score (nSPS) is 22.1. The molecule has 1 aliphatic heterocycles. The van der Waals surface area contributed by atoms with E-state index in [4.69, 9.17) is 10.3 Å². The van der Waals surface area contributed by atoms with Gasteiger partial charge in [-0.2, -0.15) is 0 Å². The summed E-state index contributed by atoms with van der Waals surface area (Å²) in [7, 11) is 0. The van der Waals surface area contributed by atoms with Gasteiger partial charge >= 0.3 is 0 Å². The quantitative estimate of drug-likeness (QED) is 0.857. The third-order valence-electron chi connectivity index (χ3n) is 5.86. The van der Waals surface area contributed by atoms with Crippen LogP contribution in [0, 0.1) is 5.41 Å². The molecule has 1 saturated heterocycles. The predicted molar refractivity (Wildman–Crippen MR) is 107 cm³/mol. The molecule has 27 heavy (non-hydrogen) atoms. The van der Waals surface area contributed by atoms with Crippen molar-refractivity contribution in [2.45, 2.75) is 64.8 Å². The lowest BCUT2D eigenvalue weighted by molar-refractivity contribution is 0.0534. The lowest BCUT2D eigenvalue weighted by atomic mass is 9.79. The fraction of sp³-hybridized carbons (Fsp3) is 0.650. The van der Waals surface area contributed by atoms with Gasteiger partial charge in [0, 0.05) is 30.7 Å². The molecule has 6 nitrogen and oxygen atoms in total. The van der Waals surface area contributed by atoms with E-state index in [1.807, 2.05) is 11.0 Å². The lowest BCUT2D eigenvalue weighted by Gasteiger charge is -2.42. The van der Waals surface area contributed by atoms with Crippen molar-refractivity contribution >= 4 is 29.4 Å². The highest BCUT2D eigenvalue weighted by Crippen LogP contribution is 2.41. The Labute approximate surface area is 166 Å². The molecule has 2 fully saturated rings. The molecule has 0 aromatic carbocycles. The van der Waals surface area contributed by atoms with Crippen molar-refractivity contribution < 1.29 is 9.32 Å². The highest BCUT2D eigenvalue weighted by atomic mass is 35.5. The number of halogens is 1. The Kier molecular flexibility index (Phi) is 5.25. The number of amides is 1. The molecule has 1 atom stereocenters. The van der Waals surface area contributed by atoms with Gasteiger partial charge < -0.3 is 15.2 Å². The molecule has 2 aromatic heterocycles. The number of aromatic nitrogens is 2. The predicted octanol–water partition coefficient (Wildman–Crippen LogP) is 3.84. The molecule has 3 heterocycles. The summed E-state index contributed by atoms with van der Waals surface area (Å²) in [6.07, 6.45) is 3.08. The fourth-order valence-electron chi connectivity index (χ4n) is 3.86. The number of likely N-dealkylation sites (tertiary alicyclic amines) is 1. The minimum Gasteiger partial charge on any atom is -0.338 e. The van der Waals surface area contributed by atoms with Crippen LogP contribution in [0.2, 0.25) is 0 Å². The second kappa shape index (κ2) is 7.06. The van der Waals surface area contributed by atoms with Gasteiger partial charge in [-0.15, -0.1) is 12.4 Å². The average Bonchev–Trinajstić information content (AvgIpc) is 3.34. The van der Waals surface area contributed by atoms with Crippen molar-refractivity contribution in [3.63, 3.8) is 0 Å². The van der Waals surface area contributed by atoms with Crippen LogP contribution in [0.25, 0.3) is 11.1 Å². The average molecular weight is 393 g/mol. The molecule has 2 aliphatic rings. The van der Waals surface area contributed by atoms with E-state index in [1.165, 1.54) is 0 Å². The number of fused-ring (bicyclic) bond motifs is 1. The second-order valence-electron chi connectivity index (χ2n) is 8.88. The first-order chi connectivity index (χ1) is 12.3. The smallest absolute Gasteiger partial charge is 0.259 e. The fourth-order valence-corrected chi connectivity index (χ4v) is 3.86. The minimum atomic E-state index is -0.0884. The number of piperidine rings is 1. The largest absolute Gasteiger partial charge is 0.338 e. The van der Waals surface area contributed by atoms with E-state index in [1.54, 1.807) is 0 Å². The third-order valence-corrected chi connectivity index (χ3v) is 5.86. The van der Waals surface area contributed by atoms with Crippen LogP contribution < -0.4 is 5.73 Å². The number of carbonyl (C=O) groups excluding carboxylic acids is 1. The molecule has 148 valence electrons. The summed E-state index contributed by atoms with van der Waals surface area (Å²) in [4.78, 5) is 20.0. The Balaban J connectivity index is 0.00000210. The summed E-state index contributed by atoms with van der Waals surface area (Å²) in [5.41, 5.74) is 9.11. The van der Waals surface area contributed by atoms with Gasteiger partial charge in [-0.05, 0) is 36.7 Å². The summed E-state index contributed by atoms with van der Waals surface area (Å²) >= 11 is 0. The molecule has 1 aliphatic carbocycles. The topological polar surface area (TPSA) is 85.2 Å². The SMILES string of the molecule is CC(C)c1noc2nc(C3CC3)cc(C(=O)N3CCC(N)C(C)(C)C3)c12.Cl. The molecular weight excluding hydrogens is 364 g/mol. The highest BCUT2D eigenvalue weighted by Gasteiger charge is 2.37. The maximum Gasteiger partial charge on any atom is 0.259 e. The van der Waals surface area contributed by atoms with E-state index < -0.39 is 0 Å². The van der Waals surface area contributed by atoms with Gasteiger partial charge in [-0.1, -0.05) is 32.9 Å². The van der Waals surface area contributed by atoms with Gasteiger partial charge in [0.2, 0.25) is 0 Å². The summed E-state index contributed by atoms with van der Waals surface area (Å²) in [5, 5.41) is 5.00. The van der Waals surface area contributed by atoms with Gasteiger partial charge in [-0.3, -0.25) is 4.79 Å². The molecule has 2 aromatic rings. The minimum absolute atomic E-state index is 0. The summed E-state index contributed by atoms with van der Waals surface area (Å²) in [5.74, 6) is 0.664. The molecule has 0 spiro atoms. The van der Waals surface area contributed by atoms with Crippen LogP contribution in [-0.4, -0.2) is 40.1 Å². The number of nitrogens with two attached hydrogens (primary N) is 1. The number of hydrogen-bond acceptors (Lipinski definition) is 5. The van der Waals surface area contributed by atoms with Crippen LogP contribution >= 0.6 is 12.4 Å². The summed E-state index contributed by atoms with van der Waals surface area (Å²) < 4.78 is 5.51. The standard InChI is InChI=1S/C20H28N4O2.ClH/c1-11(2)17-16-13(9-14(12-5-6-12)22-18(16)26-23-17)19(25)24-8-7-15(21)20(3,4)10-24;/h9,11-12,15H,5-8,10,21H2,1-4H3;1H. The van der Waals surface area contributed by atoms with Crippen LogP contribution in [0.3, 0.4) is 0 Å². The Morgan fingerprint density at radius 3 is 2.63 bits per heavy atom. The van der Waals surface area contributed by atoms with Gasteiger partial charge in [0.05, 0.1) is 16.6 Å². The maximum absolute atomic E-state index is 13.5. The number of rotatable bonds is 3. The van der Waals surface area contributed by atoms with Gasteiger partial charge in [0.15, 0.2) is 0 Å². The van der Waals surface area contributed by atoms with Crippen molar-refractivity contribution in [3.8, 4) is 0 Å². The number of carbonyl (C=O) groups is 1. The first kappa shape index (κ1) is 20.1. The van der Waals surface area contributed by atoms with Crippen LogP contribution in [0.5, 0.6) is 0 Å². The molecule has 4 rings (SSSR count). The Morgan fingerprint density at radius 1 is 1.33 bits per heavy atom. The Bertz CT molecular complexity index is 857. The van der Waals surface area contributed by atoms with Crippen molar-refractivity contribution in [1.29, 1.82) is 0 Å². The highest BCUT2D eigenvalue weighted by molar-refractivity contribution is 6.06. The van der Waals surface area contributed by atoms with E-state index in [-0.39, 0.29) is 35.7 Å². The van der Waals surface area contributed by atoms with Crippen LogP contribution in [-0.2, 0) is 0 Å². The van der Waals surface area contributed by atoms with E-state index in [0.29, 0.717) is 30.3 Å². The molecular formula is C20H29ClN4O2. The number of pyridine rings is 1. The Morgan fingerprint density at radius 2 is 2.04 bits per heavy atom. The first-order valence-corrected chi connectivity index (χ1v) is 9.63. The first-order valence-electron chi connectivity index (χ1n) is 9.63.